The predicted molar refractivity (Wildman–Crippen MR) is 57.0 cm³/mol. The van der Waals surface area contributed by atoms with Gasteiger partial charge in [-0.05, 0) is 12.1 Å². The maximum Gasteiger partial charge on any atom is 0.418 e. The molecular weight excluding hydrogens is 210 g/mol. The molecule has 0 aliphatic carbocycles. The first-order valence-electron chi connectivity index (χ1n) is 4.98. The van der Waals surface area contributed by atoms with Crippen molar-refractivity contribution in [3.63, 3.8) is 0 Å². The normalized spacial score (nSPS) is 16.1. The highest BCUT2D eigenvalue weighted by molar-refractivity contribution is 5.87. The van der Waals surface area contributed by atoms with Gasteiger partial charge < -0.3 is 14.2 Å². The predicted octanol–water partition coefficient (Wildman–Crippen LogP) is 1.59. The molecule has 5 nitrogen and oxygen atoms in total. The van der Waals surface area contributed by atoms with E-state index in [0.29, 0.717) is 18.9 Å². The summed E-state index contributed by atoms with van der Waals surface area (Å²) in [6.45, 7) is 0.954. The largest absolute Gasteiger partial charge is 0.452 e. The highest BCUT2D eigenvalue weighted by Crippen LogP contribution is 2.21. The highest BCUT2D eigenvalue weighted by Gasteiger charge is 2.30. The second-order valence-electron chi connectivity index (χ2n) is 3.22. The molecular formula is C11H13NO4. The zero-order valence-corrected chi connectivity index (χ0v) is 8.96. The minimum Gasteiger partial charge on any atom is -0.452 e. The topological polar surface area (TPSA) is 48.0 Å². The fourth-order valence-electron chi connectivity index (χ4n) is 1.50. The number of amides is 1. The zero-order chi connectivity index (χ0) is 11.4. The standard InChI is InChI=1S/C11H13NO4/c1-14-10(13)12(11-15-7-8-16-11)9-5-3-2-4-6-9/h2-6,11H,7-8H2,1H3. The van der Waals surface area contributed by atoms with Crippen LogP contribution in [0.5, 0.6) is 0 Å². The molecule has 1 saturated heterocycles. The summed E-state index contributed by atoms with van der Waals surface area (Å²) in [5.41, 5.74) is 0.682. The number of carbonyl (C=O) groups is 1. The molecule has 1 aliphatic rings. The van der Waals surface area contributed by atoms with Crippen LogP contribution >= 0.6 is 0 Å². The van der Waals surface area contributed by atoms with Gasteiger partial charge in [-0.1, -0.05) is 18.2 Å². The minimum absolute atomic E-state index is 0.477. The van der Waals surface area contributed by atoms with Crippen LogP contribution in [0.4, 0.5) is 10.5 Å². The number of rotatable bonds is 2. The second-order valence-corrected chi connectivity index (χ2v) is 3.22. The minimum atomic E-state index is -0.699. The number of hydrogen-bond acceptors (Lipinski definition) is 4. The van der Waals surface area contributed by atoms with E-state index in [1.165, 1.54) is 12.0 Å². The molecule has 0 saturated carbocycles. The SMILES string of the molecule is COC(=O)N(c1ccccc1)C1OCCO1. The van der Waals surface area contributed by atoms with Gasteiger partial charge in [0.2, 0.25) is 6.41 Å². The number of para-hydroxylation sites is 1. The van der Waals surface area contributed by atoms with Crippen LogP contribution in [0.3, 0.4) is 0 Å². The van der Waals surface area contributed by atoms with Crippen molar-refractivity contribution in [2.24, 2.45) is 0 Å². The van der Waals surface area contributed by atoms with Crippen LogP contribution in [0, 0.1) is 0 Å². The number of carbonyl (C=O) groups excluding carboxylic acids is 1. The first-order valence-corrected chi connectivity index (χ1v) is 4.98. The Morgan fingerprint density at radius 1 is 1.31 bits per heavy atom. The van der Waals surface area contributed by atoms with Gasteiger partial charge in [0.15, 0.2) is 0 Å². The monoisotopic (exact) mass is 223 g/mol. The van der Waals surface area contributed by atoms with Crippen LogP contribution in [0.2, 0.25) is 0 Å². The zero-order valence-electron chi connectivity index (χ0n) is 8.96. The maximum atomic E-state index is 11.6. The average Bonchev–Trinajstić information content (AvgIpc) is 2.84. The van der Waals surface area contributed by atoms with Gasteiger partial charge in [-0.15, -0.1) is 0 Å². The lowest BCUT2D eigenvalue weighted by Gasteiger charge is -2.25. The third-order valence-electron chi connectivity index (χ3n) is 2.22. The number of methoxy groups -OCH3 is 1. The van der Waals surface area contributed by atoms with Crippen molar-refractivity contribution < 1.29 is 19.0 Å². The molecule has 1 amide bonds. The summed E-state index contributed by atoms with van der Waals surface area (Å²) in [6.07, 6.45) is -1.20. The Bertz CT molecular complexity index is 348. The molecule has 16 heavy (non-hydrogen) atoms. The van der Waals surface area contributed by atoms with Crippen molar-refractivity contribution in [1.82, 2.24) is 0 Å². The molecule has 0 unspecified atom stereocenters. The Labute approximate surface area is 93.5 Å². The van der Waals surface area contributed by atoms with Gasteiger partial charge in [0.1, 0.15) is 0 Å². The molecule has 0 N–H and O–H groups in total. The van der Waals surface area contributed by atoms with Crippen LogP contribution in [0.1, 0.15) is 0 Å². The lowest BCUT2D eigenvalue weighted by Crippen LogP contribution is -2.41. The molecule has 1 aliphatic heterocycles. The van der Waals surface area contributed by atoms with Crippen LogP contribution in [0.15, 0.2) is 30.3 Å². The van der Waals surface area contributed by atoms with Crippen LogP contribution in [-0.4, -0.2) is 32.8 Å². The Kier molecular flexibility index (Phi) is 3.38. The molecule has 5 heteroatoms. The van der Waals surface area contributed by atoms with Gasteiger partial charge in [0, 0.05) is 0 Å². The third-order valence-corrected chi connectivity index (χ3v) is 2.22. The van der Waals surface area contributed by atoms with Crippen molar-refractivity contribution in [1.29, 1.82) is 0 Å². The third kappa shape index (κ3) is 2.15. The van der Waals surface area contributed by atoms with Crippen molar-refractivity contribution >= 4 is 11.8 Å². The van der Waals surface area contributed by atoms with Crippen molar-refractivity contribution in [2.75, 3.05) is 25.2 Å². The van der Waals surface area contributed by atoms with Gasteiger partial charge in [-0.3, -0.25) is 0 Å². The first kappa shape index (κ1) is 10.9. The van der Waals surface area contributed by atoms with E-state index in [1.54, 1.807) is 12.1 Å². The summed E-state index contributed by atoms with van der Waals surface area (Å²) in [5, 5.41) is 0. The summed E-state index contributed by atoms with van der Waals surface area (Å²) in [6, 6.07) is 9.12. The molecule has 0 bridgehead atoms. The molecule has 1 fully saturated rings. The Hall–Kier alpha value is -1.59. The van der Waals surface area contributed by atoms with E-state index in [2.05, 4.69) is 0 Å². The van der Waals surface area contributed by atoms with E-state index in [4.69, 9.17) is 14.2 Å². The first-order chi connectivity index (χ1) is 7.83. The van der Waals surface area contributed by atoms with Crippen LogP contribution in [-0.2, 0) is 14.2 Å². The maximum absolute atomic E-state index is 11.6. The van der Waals surface area contributed by atoms with E-state index in [0.717, 1.165) is 0 Å². The summed E-state index contributed by atoms with van der Waals surface area (Å²) >= 11 is 0. The molecule has 1 aromatic rings. The number of nitrogens with zero attached hydrogens (tertiary/aromatic N) is 1. The number of ether oxygens (including phenoxy) is 3. The quantitative estimate of drug-likeness (QED) is 0.763. The van der Waals surface area contributed by atoms with Crippen molar-refractivity contribution in [3.8, 4) is 0 Å². The summed E-state index contributed by atoms with van der Waals surface area (Å²) < 4.78 is 15.3. The molecule has 0 radical (unpaired) electrons. The second kappa shape index (κ2) is 4.96. The van der Waals surface area contributed by atoms with Crippen LogP contribution in [0.25, 0.3) is 0 Å². The fraction of sp³-hybridized carbons (Fsp3) is 0.364. The molecule has 2 rings (SSSR count). The number of hydrogen-bond donors (Lipinski definition) is 0. The molecule has 0 aromatic heterocycles. The molecule has 1 aromatic carbocycles. The van der Waals surface area contributed by atoms with E-state index in [9.17, 15) is 4.79 Å². The van der Waals surface area contributed by atoms with Gasteiger partial charge in [-0.2, -0.15) is 0 Å². The molecule has 1 heterocycles. The van der Waals surface area contributed by atoms with E-state index < -0.39 is 12.5 Å². The van der Waals surface area contributed by atoms with Crippen molar-refractivity contribution in [2.45, 2.75) is 6.41 Å². The molecule has 0 atom stereocenters. The Morgan fingerprint density at radius 2 is 1.94 bits per heavy atom. The van der Waals surface area contributed by atoms with Gasteiger partial charge in [-0.25, -0.2) is 9.69 Å². The number of anilines is 1. The molecule has 0 spiro atoms. The van der Waals surface area contributed by atoms with Crippen LogP contribution < -0.4 is 4.90 Å². The summed E-state index contributed by atoms with van der Waals surface area (Å²) in [5.74, 6) is 0. The summed E-state index contributed by atoms with van der Waals surface area (Å²) in [7, 11) is 1.33. The van der Waals surface area contributed by atoms with Gasteiger partial charge in [0.05, 0.1) is 26.0 Å². The molecule has 86 valence electrons. The Balaban J connectivity index is 2.24. The summed E-state index contributed by atoms with van der Waals surface area (Å²) in [4.78, 5) is 13.0. The van der Waals surface area contributed by atoms with Crippen molar-refractivity contribution in [3.05, 3.63) is 30.3 Å². The lowest BCUT2D eigenvalue weighted by atomic mass is 10.3. The van der Waals surface area contributed by atoms with E-state index >= 15 is 0 Å². The average molecular weight is 223 g/mol. The van der Waals surface area contributed by atoms with Gasteiger partial charge in [0.25, 0.3) is 0 Å². The van der Waals surface area contributed by atoms with Gasteiger partial charge >= 0.3 is 6.09 Å². The highest BCUT2D eigenvalue weighted by atomic mass is 16.7. The number of benzene rings is 1. The lowest BCUT2D eigenvalue weighted by molar-refractivity contribution is -0.0402. The fourth-order valence-corrected chi connectivity index (χ4v) is 1.50. The van der Waals surface area contributed by atoms with E-state index in [-0.39, 0.29) is 0 Å². The smallest absolute Gasteiger partial charge is 0.418 e. The van der Waals surface area contributed by atoms with E-state index in [1.807, 2.05) is 18.2 Å². The Morgan fingerprint density at radius 3 is 2.50 bits per heavy atom.